The minimum atomic E-state index is -3.48. The molecule has 0 radical (unpaired) electrons. The summed E-state index contributed by atoms with van der Waals surface area (Å²) in [6.45, 7) is 3.72. The monoisotopic (exact) mass is 489 g/mol. The molecule has 2 aromatic heterocycles. The molecule has 0 amide bonds. The Labute approximate surface area is 205 Å². The first-order valence-corrected chi connectivity index (χ1v) is 12.8. The van der Waals surface area contributed by atoms with Gasteiger partial charge in [-0.3, -0.25) is 4.31 Å². The van der Waals surface area contributed by atoms with Gasteiger partial charge >= 0.3 is 0 Å². The van der Waals surface area contributed by atoms with Crippen LogP contribution in [0.2, 0.25) is 0 Å². The average molecular weight is 490 g/mol. The molecule has 2 aromatic carbocycles. The Bertz CT molecular complexity index is 1420. The summed E-state index contributed by atoms with van der Waals surface area (Å²) in [5.74, 6) is 2.33. The van der Waals surface area contributed by atoms with Gasteiger partial charge in [-0.05, 0) is 43.5 Å². The van der Waals surface area contributed by atoms with Gasteiger partial charge in [0.2, 0.25) is 10.0 Å². The Kier molecular flexibility index (Phi) is 6.92. The maximum atomic E-state index is 12.4. The zero-order valence-corrected chi connectivity index (χ0v) is 20.8. The van der Waals surface area contributed by atoms with E-state index in [1.165, 1.54) is 23.9 Å². The Balaban J connectivity index is 1.63. The van der Waals surface area contributed by atoms with Gasteiger partial charge in [-0.2, -0.15) is 0 Å². The zero-order valence-electron chi connectivity index (χ0n) is 20.0. The molecule has 4 rings (SSSR count). The van der Waals surface area contributed by atoms with Crippen molar-refractivity contribution >= 4 is 38.9 Å². The normalized spacial score (nSPS) is 11.2. The number of benzene rings is 2. The van der Waals surface area contributed by atoms with E-state index in [0.717, 1.165) is 16.8 Å². The maximum absolute atomic E-state index is 12.4. The number of anilines is 5. The van der Waals surface area contributed by atoms with Crippen molar-refractivity contribution < 1.29 is 8.42 Å². The summed E-state index contributed by atoms with van der Waals surface area (Å²) < 4.78 is 26.0. The van der Waals surface area contributed by atoms with Crippen molar-refractivity contribution in [1.82, 2.24) is 19.9 Å². The lowest BCUT2D eigenvalue weighted by atomic mass is 10.0. The summed E-state index contributed by atoms with van der Waals surface area (Å²) in [5, 5.41) is 6.40. The first-order chi connectivity index (χ1) is 16.7. The number of hydrogen-bond acceptors (Lipinski definition) is 8. The number of rotatable bonds is 8. The standard InChI is InChI=1S/C25H27N7O2S/c1-17-12-25(29-18(2)28-17)31-24-15-23(26-16-27-24)30-21-11-10-20(13-19-8-6-5-7-9-19)14-22(21)32(3)35(4,33)34/h5-12,14-16H,13H2,1-4H3,(H2,26,27,28,29,30,31). The molecule has 0 saturated heterocycles. The Morgan fingerprint density at radius 2 is 1.54 bits per heavy atom. The Morgan fingerprint density at radius 1 is 0.829 bits per heavy atom. The van der Waals surface area contributed by atoms with E-state index < -0.39 is 10.0 Å². The SMILES string of the molecule is Cc1cc(Nc2cc(Nc3ccc(Cc4ccccc4)cc3N(C)S(C)(=O)=O)ncn2)nc(C)n1. The van der Waals surface area contributed by atoms with E-state index >= 15 is 0 Å². The van der Waals surface area contributed by atoms with Crippen LogP contribution in [0.4, 0.5) is 28.8 Å². The molecule has 0 atom stereocenters. The molecule has 4 aromatic rings. The summed E-state index contributed by atoms with van der Waals surface area (Å²) in [7, 11) is -1.95. The van der Waals surface area contributed by atoms with Crippen LogP contribution >= 0.6 is 0 Å². The lowest BCUT2D eigenvalue weighted by molar-refractivity contribution is 0.600. The highest BCUT2D eigenvalue weighted by atomic mass is 32.2. The molecular weight excluding hydrogens is 462 g/mol. The minimum absolute atomic E-state index is 0.504. The van der Waals surface area contributed by atoms with Crippen LogP contribution in [-0.2, 0) is 16.4 Å². The van der Waals surface area contributed by atoms with Crippen molar-refractivity contribution in [2.75, 3.05) is 28.2 Å². The quantitative estimate of drug-likeness (QED) is 0.375. The van der Waals surface area contributed by atoms with E-state index in [1.54, 1.807) is 6.07 Å². The average Bonchev–Trinajstić information content (AvgIpc) is 2.79. The summed E-state index contributed by atoms with van der Waals surface area (Å²) in [6, 6.07) is 19.3. The molecule has 35 heavy (non-hydrogen) atoms. The summed E-state index contributed by atoms with van der Waals surface area (Å²) in [6.07, 6.45) is 3.29. The van der Waals surface area contributed by atoms with E-state index in [2.05, 4.69) is 30.6 Å². The van der Waals surface area contributed by atoms with Crippen molar-refractivity contribution in [1.29, 1.82) is 0 Å². The number of nitrogens with one attached hydrogen (secondary N) is 2. The number of hydrogen-bond donors (Lipinski definition) is 2. The molecule has 10 heteroatoms. The molecule has 9 nitrogen and oxygen atoms in total. The third kappa shape index (κ3) is 6.30. The predicted octanol–water partition coefficient (Wildman–Crippen LogP) is 4.36. The van der Waals surface area contributed by atoms with E-state index in [9.17, 15) is 8.42 Å². The molecular formula is C25H27N7O2S. The summed E-state index contributed by atoms with van der Waals surface area (Å²) >= 11 is 0. The summed E-state index contributed by atoms with van der Waals surface area (Å²) in [5.41, 5.74) is 4.11. The van der Waals surface area contributed by atoms with Gasteiger partial charge in [0.05, 0.1) is 17.6 Å². The van der Waals surface area contributed by atoms with Gasteiger partial charge < -0.3 is 10.6 Å². The number of aromatic nitrogens is 4. The second-order valence-corrected chi connectivity index (χ2v) is 10.2. The van der Waals surface area contributed by atoms with Crippen LogP contribution in [-0.4, -0.2) is 41.7 Å². The van der Waals surface area contributed by atoms with Gasteiger partial charge in [-0.1, -0.05) is 36.4 Å². The van der Waals surface area contributed by atoms with Crippen LogP contribution in [0, 0.1) is 13.8 Å². The number of aryl methyl sites for hydroxylation is 2. The molecule has 180 valence electrons. The number of sulfonamides is 1. The van der Waals surface area contributed by atoms with Gasteiger partial charge in [0, 0.05) is 24.9 Å². The van der Waals surface area contributed by atoms with Gasteiger partial charge in [0.25, 0.3) is 0 Å². The second kappa shape index (κ2) is 10.1. The van der Waals surface area contributed by atoms with Crippen LogP contribution in [0.15, 0.2) is 67.0 Å². The van der Waals surface area contributed by atoms with Crippen LogP contribution in [0.25, 0.3) is 0 Å². The lowest BCUT2D eigenvalue weighted by Gasteiger charge is -2.22. The molecule has 0 aliphatic rings. The van der Waals surface area contributed by atoms with E-state index in [1.807, 2.05) is 68.4 Å². The molecule has 0 unspecified atom stereocenters. The molecule has 0 aliphatic carbocycles. The molecule has 0 aliphatic heterocycles. The highest BCUT2D eigenvalue weighted by Crippen LogP contribution is 2.31. The van der Waals surface area contributed by atoms with Crippen LogP contribution in [0.1, 0.15) is 22.6 Å². The molecule has 0 bridgehead atoms. The Morgan fingerprint density at radius 3 is 2.23 bits per heavy atom. The van der Waals surface area contributed by atoms with Crippen molar-refractivity contribution in [3.63, 3.8) is 0 Å². The highest BCUT2D eigenvalue weighted by Gasteiger charge is 2.17. The van der Waals surface area contributed by atoms with Crippen LogP contribution in [0.3, 0.4) is 0 Å². The fourth-order valence-corrected chi connectivity index (χ4v) is 4.12. The second-order valence-electron chi connectivity index (χ2n) is 8.22. The Hall–Kier alpha value is -4.05. The van der Waals surface area contributed by atoms with Gasteiger partial charge in [0.15, 0.2) is 0 Å². The topological polar surface area (TPSA) is 113 Å². The van der Waals surface area contributed by atoms with Gasteiger partial charge in [0.1, 0.15) is 29.6 Å². The summed E-state index contributed by atoms with van der Waals surface area (Å²) in [4.78, 5) is 17.2. The van der Waals surface area contributed by atoms with Crippen LogP contribution < -0.4 is 14.9 Å². The minimum Gasteiger partial charge on any atom is -0.338 e. The molecule has 2 N–H and O–H groups in total. The third-order valence-corrected chi connectivity index (χ3v) is 6.49. The fourth-order valence-electron chi connectivity index (χ4n) is 3.61. The molecule has 2 heterocycles. The zero-order chi connectivity index (χ0) is 25.0. The molecule has 0 fully saturated rings. The van der Waals surface area contributed by atoms with Crippen molar-refractivity contribution in [2.45, 2.75) is 20.3 Å². The highest BCUT2D eigenvalue weighted by molar-refractivity contribution is 7.92. The molecule has 0 spiro atoms. The van der Waals surface area contributed by atoms with Crippen molar-refractivity contribution in [3.05, 3.63) is 89.6 Å². The number of nitrogens with zero attached hydrogens (tertiary/aromatic N) is 5. The first-order valence-electron chi connectivity index (χ1n) is 11.0. The smallest absolute Gasteiger partial charge is 0.232 e. The molecule has 0 saturated carbocycles. The van der Waals surface area contributed by atoms with Gasteiger partial charge in [-0.15, -0.1) is 0 Å². The first kappa shape index (κ1) is 24.1. The third-order valence-electron chi connectivity index (χ3n) is 5.30. The predicted molar refractivity (Wildman–Crippen MR) is 139 cm³/mol. The fraction of sp³-hybridized carbons (Fsp3) is 0.200. The maximum Gasteiger partial charge on any atom is 0.232 e. The van der Waals surface area contributed by atoms with E-state index in [0.29, 0.717) is 41.1 Å². The van der Waals surface area contributed by atoms with Crippen molar-refractivity contribution in [3.8, 4) is 0 Å². The largest absolute Gasteiger partial charge is 0.338 e. The van der Waals surface area contributed by atoms with Crippen LogP contribution in [0.5, 0.6) is 0 Å². The van der Waals surface area contributed by atoms with E-state index in [-0.39, 0.29) is 0 Å². The van der Waals surface area contributed by atoms with Gasteiger partial charge in [-0.25, -0.2) is 28.4 Å². The van der Waals surface area contributed by atoms with E-state index in [4.69, 9.17) is 0 Å². The van der Waals surface area contributed by atoms with Crippen molar-refractivity contribution in [2.24, 2.45) is 0 Å². The lowest BCUT2D eigenvalue weighted by Crippen LogP contribution is -2.25.